The summed E-state index contributed by atoms with van der Waals surface area (Å²) < 4.78 is 27.2. The Kier molecular flexibility index (Phi) is 4.85. The second-order valence-corrected chi connectivity index (χ2v) is 10.7. The van der Waals surface area contributed by atoms with Crippen molar-refractivity contribution in [2.45, 2.75) is 24.3 Å². The van der Waals surface area contributed by atoms with Gasteiger partial charge in [-0.1, -0.05) is 11.3 Å². The maximum atomic E-state index is 12.0. The van der Waals surface area contributed by atoms with Crippen LogP contribution in [-0.4, -0.2) is 55.2 Å². The molecule has 0 aliphatic heterocycles. The normalized spacial score (nSPS) is 14.0. The summed E-state index contributed by atoms with van der Waals surface area (Å²) in [5, 5.41) is 15.9. The molecule has 4 heterocycles. The third-order valence-corrected chi connectivity index (χ3v) is 6.95. The average molecular weight is 489 g/mol. The number of carbonyl (C=O) groups is 1. The van der Waals surface area contributed by atoms with Crippen LogP contribution in [0.3, 0.4) is 0 Å². The van der Waals surface area contributed by atoms with E-state index in [1.807, 2.05) is 30.3 Å². The third-order valence-electron chi connectivity index (χ3n) is 5.88. The minimum atomic E-state index is -3.37. The summed E-state index contributed by atoms with van der Waals surface area (Å²) in [4.78, 5) is 20.7. The van der Waals surface area contributed by atoms with Crippen molar-refractivity contribution >= 4 is 38.2 Å². The highest BCUT2D eigenvalue weighted by Crippen LogP contribution is 2.30. The van der Waals surface area contributed by atoms with Gasteiger partial charge in [-0.3, -0.25) is 9.78 Å². The number of benzene rings is 1. The topological polar surface area (TPSA) is 137 Å². The maximum absolute atomic E-state index is 12.0. The Bertz CT molecular complexity index is 1720. The average Bonchev–Trinajstić information content (AvgIpc) is 3.51. The van der Waals surface area contributed by atoms with E-state index in [2.05, 4.69) is 30.7 Å². The van der Waals surface area contributed by atoms with Crippen LogP contribution in [0.15, 0.2) is 59.9 Å². The third kappa shape index (κ3) is 4.23. The van der Waals surface area contributed by atoms with Crippen LogP contribution in [-0.2, 0) is 21.2 Å². The van der Waals surface area contributed by atoms with E-state index in [9.17, 15) is 13.2 Å². The summed E-state index contributed by atoms with van der Waals surface area (Å²) in [6, 6.07) is 10.9. The van der Waals surface area contributed by atoms with Crippen molar-refractivity contribution in [3.63, 3.8) is 0 Å². The molecule has 6 rings (SSSR count). The lowest BCUT2D eigenvalue weighted by Crippen LogP contribution is -2.13. The smallest absolute Gasteiger partial charge is 0.228 e. The molecule has 35 heavy (non-hydrogen) atoms. The van der Waals surface area contributed by atoms with Gasteiger partial charge in [0.1, 0.15) is 5.52 Å². The van der Waals surface area contributed by atoms with Crippen LogP contribution in [0, 0.1) is 5.92 Å². The first-order chi connectivity index (χ1) is 16.8. The van der Waals surface area contributed by atoms with E-state index in [0.717, 1.165) is 35.9 Å². The van der Waals surface area contributed by atoms with Gasteiger partial charge in [-0.05, 0) is 48.7 Å². The molecule has 0 radical (unpaired) electrons. The number of imidazole rings is 1. The first-order valence-corrected chi connectivity index (χ1v) is 12.9. The van der Waals surface area contributed by atoms with Crippen molar-refractivity contribution in [1.82, 2.24) is 34.6 Å². The van der Waals surface area contributed by atoms with Gasteiger partial charge in [0.15, 0.2) is 21.3 Å². The van der Waals surface area contributed by atoms with Crippen LogP contribution in [0.2, 0.25) is 0 Å². The summed E-state index contributed by atoms with van der Waals surface area (Å²) >= 11 is 0. The fourth-order valence-corrected chi connectivity index (χ4v) is 4.43. The van der Waals surface area contributed by atoms with Crippen LogP contribution in [0.25, 0.3) is 27.8 Å². The van der Waals surface area contributed by atoms with Gasteiger partial charge >= 0.3 is 0 Å². The molecule has 5 aromatic rings. The fourth-order valence-electron chi connectivity index (χ4n) is 3.83. The van der Waals surface area contributed by atoms with Gasteiger partial charge in [0.05, 0.1) is 28.8 Å². The number of fused-ring (bicyclic) bond motifs is 2. The van der Waals surface area contributed by atoms with Crippen LogP contribution in [0.4, 0.5) is 5.82 Å². The van der Waals surface area contributed by atoms with Gasteiger partial charge in [-0.25, -0.2) is 22.6 Å². The molecule has 4 aromatic heterocycles. The van der Waals surface area contributed by atoms with Gasteiger partial charge in [0, 0.05) is 30.1 Å². The van der Waals surface area contributed by atoms with Crippen molar-refractivity contribution in [2.75, 3.05) is 11.6 Å². The van der Waals surface area contributed by atoms with Crippen molar-refractivity contribution in [1.29, 1.82) is 0 Å². The number of nitrogens with zero attached hydrogens (tertiary/aromatic N) is 7. The Morgan fingerprint density at radius 3 is 2.77 bits per heavy atom. The van der Waals surface area contributed by atoms with Gasteiger partial charge < -0.3 is 5.32 Å². The molecule has 0 atom stereocenters. The number of amides is 1. The molecule has 0 spiro atoms. The Hall–Kier alpha value is -4.19. The molecule has 1 aromatic carbocycles. The lowest BCUT2D eigenvalue weighted by atomic mass is 10.1. The van der Waals surface area contributed by atoms with Gasteiger partial charge in [0.25, 0.3) is 0 Å². The Balaban J connectivity index is 1.30. The predicted octanol–water partition coefficient (Wildman–Crippen LogP) is 2.34. The summed E-state index contributed by atoms with van der Waals surface area (Å²) in [5.41, 5.74) is 4.32. The standard InChI is InChI=1S/C23H20N8O3S/c1-35(33,34)18-8-16(10-24-11-18)15-4-6-19-20(9-15)30(29-27-19)12-17-5-7-22-25-21(13-31(22)28-17)26-23(32)14-2-3-14/h4-11,13-14H,2-3,12H2,1H3,(H,26,32). The number of aromatic nitrogens is 7. The lowest BCUT2D eigenvalue weighted by Gasteiger charge is -2.06. The highest BCUT2D eigenvalue weighted by Gasteiger charge is 2.30. The number of carbonyl (C=O) groups excluding carboxylic acids is 1. The largest absolute Gasteiger partial charge is 0.309 e. The maximum Gasteiger partial charge on any atom is 0.228 e. The zero-order chi connectivity index (χ0) is 24.2. The zero-order valence-corrected chi connectivity index (χ0v) is 19.5. The number of pyridine rings is 1. The molecule has 12 heteroatoms. The first-order valence-electron chi connectivity index (χ1n) is 11.0. The Labute approximate surface area is 199 Å². The van der Waals surface area contributed by atoms with Crippen LogP contribution in [0.5, 0.6) is 0 Å². The van der Waals surface area contributed by atoms with Crippen LogP contribution < -0.4 is 5.32 Å². The fraction of sp³-hybridized carbons (Fsp3) is 0.217. The zero-order valence-electron chi connectivity index (χ0n) is 18.7. The Morgan fingerprint density at radius 2 is 1.97 bits per heavy atom. The van der Waals surface area contributed by atoms with Crippen molar-refractivity contribution < 1.29 is 13.2 Å². The van der Waals surface area contributed by atoms with Crippen LogP contribution >= 0.6 is 0 Å². The van der Waals surface area contributed by atoms with E-state index in [4.69, 9.17) is 0 Å². The molecule has 0 saturated heterocycles. The molecule has 1 fully saturated rings. The molecule has 0 unspecified atom stereocenters. The number of sulfone groups is 1. The van der Waals surface area contributed by atoms with Crippen molar-refractivity contribution in [2.24, 2.45) is 5.92 Å². The molecule has 1 N–H and O–H groups in total. The van der Waals surface area contributed by atoms with Crippen LogP contribution in [0.1, 0.15) is 18.5 Å². The molecule has 0 bridgehead atoms. The number of hydrogen-bond donors (Lipinski definition) is 1. The van der Waals surface area contributed by atoms with E-state index in [1.54, 1.807) is 27.7 Å². The number of nitrogens with one attached hydrogen (secondary N) is 1. The second kappa shape index (κ2) is 7.94. The first kappa shape index (κ1) is 21.4. The molecule has 1 aliphatic rings. The van der Waals surface area contributed by atoms with E-state index < -0.39 is 9.84 Å². The van der Waals surface area contributed by atoms with Gasteiger partial charge in [-0.2, -0.15) is 5.10 Å². The van der Waals surface area contributed by atoms with Gasteiger partial charge in [-0.15, -0.1) is 5.10 Å². The lowest BCUT2D eigenvalue weighted by molar-refractivity contribution is -0.117. The summed E-state index contributed by atoms with van der Waals surface area (Å²) in [6.45, 7) is 0.361. The molecule has 1 aliphatic carbocycles. The van der Waals surface area contributed by atoms with E-state index in [-0.39, 0.29) is 16.7 Å². The highest BCUT2D eigenvalue weighted by atomic mass is 32.2. The molecule has 1 amide bonds. The monoisotopic (exact) mass is 488 g/mol. The van der Waals surface area contributed by atoms with Crippen molar-refractivity contribution in [3.8, 4) is 11.1 Å². The molecular formula is C23H20N8O3S. The highest BCUT2D eigenvalue weighted by molar-refractivity contribution is 7.90. The molecule has 1 saturated carbocycles. The second-order valence-electron chi connectivity index (χ2n) is 8.65. The minimum absolute atomic E-state index is 0.00390. The summed E-state index contributed by atoms with van der Waals surface area (Å²) in [7, 11) is -3.37. The number of rotatable bonds is 6. The van der Waals surface area contributed by atoms with Crippen molar-refractivity contribution in [3.05, 3.63) is 60.7 Å². The van der Waals surface area contributed by atoms with E-state index >= 15 is 0 Å². The minimum Gasteiger partial charge on any atom is -0.309 e. The number of anilines is 1. The SMILES string of the molecule is CS(=O)(=O)c1cncc(-c2ccc3nnn(Cc4ccc5nc(NC(=O)C6CC6)cn5n4)c3c2)c1. The molecular weight excluding hydrogens is 468 g/mol. The Morgan fingerprint density at radius 1 is 1.11 bits per heavy atom. The van der Waals surface area contributed by atoms with Gasteiger partial charge in [0.2, 0.25) is 5.91 Å². The predicted molar refractivity (Wildman–Crippen MR) is 127 cm³/mol. The molecule has 176 valence electrons. The van der Waals surface area contributed by atoms with E-state index in [1.165, 1.54) is 6.20 Å². The van der Waals surface area contributed by atoms with E-state index in [0.29, 0.717) is 29.1 Å². The number of hydrogen-bond acceptors (Lipinski definition) is 8. The quantitative estimate of drug-likeness (QED) is 0.384. The summed E-state index contributed by atoms with van der Waals surface area (Å²) in [6.07, 6.45) is 7.66. The molecule has 11 nitrogen and oxygen atoms in total. The summed E-state index contributed by atoms with van der Waals surface area (Å²) in [5.74, 6) is 0.571.